The molecule has 0 unspecified atom stereocenters. The summed E-state index contributed by atoms with van der Waals surface area (Å²) in [4.78, 5) is 13.1. The second-order valence-electron chi connectivity index (χ2n) is 4.78. The van der Waals surface area contributed by atoms with E-state index in [0.29, 0.717) is 0 Å². The Morgan fingerprint density at radius 3 is 2.65 bits per heavy atom. The van der Waals surface area contributed by atoms with Gasteiger partial charge >= 0.3 is 5.97 Å². The highest BCUT2D eigenvalue weighted by atomic mass is 32.2. The molecular formula is C12H18N2O4S2. The van der Waals surface area contributed by atoms with Gasteiger partial charge in [0.05, 0.1) is 4.90 Å². The van der Waals surface area contributed by atoms with Crippen LogP contribution in [0.5, 0.6) is 0 Å². The number of sulfonamides is 1. The van der Waals surface area contributed by atoms with Crippen molar-refractivity contribution in [3.8, 4) is 0 Å². The molecule has 1 aromatic rings. The third-order valence-electron chi connectivity index (χ3n) is 3.45. The Balaban J connectivity index is 2.02. The summed E-state index contributed by atoms with van der Waals surface area (Å²) in [5.74, 6) is -1.10. The van der Waals surface area contributed by atoms with Crippen molar-refractivity contribution in [2.24, 2.45) is 0 Å². The molecule has 0 spiro atoms. The van der Waals surface area contributed by atoms with Gasteiger partial charge in [0.2, 0.25) is 10.0 Å². The zero-order valence-electron chi connectivity index (χ0n) is 11.2. The van der Waals surface area contributed by atoms with Crippen LogP contribution in [0.2, 0.25) is 0 Å². The van der Waals surface area contributed by atoms with Crippen LogP contribution in [0.1, 0.15) is 29.4 Å². The van der Waals surface area contributed by atoms with Gasteiger partial charge in [0.1, 0.15) is 4.88 Å². The molecule has 20 heavy (non-hydrogen) atoms. The second-order valence-corrected chi connectivity index (χ2v) is 7.41. The summed E-state index contributed by atoms with van der Waals surface area (Å²) in [6.07, 6.45) is 1.56. The number of nitrogens with one attached hydrogen (secondary N) is 1. The van der Waals surface area contributed by atoms with E-state index in [9.17, 15) is 13.2 Å². The lowest BCUT2D eigenvalue weighted by Crippen LogP contribution is -2.44. The number of carbonyl (C=O) groups is 1. The minimum Gasteiger partial charge on any atom is -0.477 e. The predicted octanol–water partition coefficient (Wildman–Crippen LogP) is 1.21. The molecular weight excluding hydrogens is 300 g/mol. The summed E-state index contributed by atoms with van der Waals surface area (Å²) >= 11 is 0.924. The molecule has 8 heteroatoms. The molecule has 1 saturated heterocycles. The van der Waals surface area contributed by atoms with Crippen molar-refractivity contribution in [1.82, 2.24) is 9.62 Å². The molecule has 112 valence electrons. The Morgan fingerprint density at radius 2 is 2.15 bits per heavy atom. The lowest BCUT2D eigenvalue weighted by Gasteiger charge is -2.31. The van der Waals surface area contributed by atoms with Gasteiger partial charge in [-0.3, -0.25) is 0 Å². The zero-order valence-corrected chi connectivity index (χ0v) is 12.8. The van der Waals surface area contributed by atoms with Crippen molar-refractivity contribution in [2.75, 3.05) is 19.6 Å². The van der Waals surface area contributed by atoms with Crippen LogP contribution in [0.3, 0.4) is 0 Å². The summed E-state index contributed by atoms with van der Waals surface area (Å²) in [5, 5.41) is 10.2. The molecule has 2 N–H and O–H groups in total. The van der Waals surface area contributed by atoms with E-state index in [2.05, 4.69) is 16.5 Å². The van der Waals surface area contributed by atoms with E-state index in [4.69, 9.17) is 5.11 Å². The topological polar surface area (TPSA) is 86.7 Å². The number of hydrogen-bond acceptors (Lipinski definition) is 5. The largest absolute Gasteiger partial charge is 0.477 e. The van der Waals surface area contributed by atoms with E-state index < -0.39 is 16.0 Å². The third kappa shape index (κ3) is 3.57. The van der Waals surface area contributed by atoms with E-state index in [1.165, 1.54) is 11.4 Å². The molecule has 0 atom stereocenters. The van der Waals surface area contributed by atoms with Crippen molar-refractivity contribution in [1.29, 1.82) is 0 Å². The highest BCUT2D eigenvalue weighted by molar-refractivity contribution is 7.89. The number of carboxylic acids is 1. The molecule has 2 rings (SSSR count). The number of nitrogens with zero attached hydrogens (tertiary/aromatic N) is 1. The van der Waals surface area contributed by atoms with Crippen molar-refractivity contribution in [3.63, 3.8) is 0 Å². The Labute approximate surface area is 122 Å². The van der Waals surface area contributed by atoms with Crippen LogP contribution in [0.25, 0.3) is 0 Å². The van der Waals surface area contributed by atoms with E-state index in [0.717, 1.165) is 43.8 Å². The average Bonchev–Trinajstić information content (AvgIpc) is 2.90. The number of aromatic carboxylic acids is 1. The molecule has 0 bridgehead atoms. The Bertz CT molecular complexity index is 574. The maximum atomic E-state index is 12.2. The van der Waals surface area contributed by atoms with Gasteiger partial charge in [-0.05, 0) is 38.5 Å². The normalized spacial score (nSPS) is 18.2. The van der Waals surface area contributed by atoms with Gasteiger partial charge in [-0.1, -0.05) is 6.92 Å². The first kappa shape index (κ1) is 15.4. The van der Waals surface area contributed by atoms with Crippen LogP contribution < -0.4 is 4.72 Å². The van der Waals surface area contributed by atoms with Gasteiger partial charge in [0.15, 0.2) is 0 Å². The Kier molecular flexibility index (Phi) is 4.79. The standard InChI is InChI=1S/C12H18N2O4S2/c1-2-14-5-3-9(4-6-14)13-20(17,18)10-7-11(12(15)16)19-8-10/h7-9,13H,2-6H2,1H3,(H,15,16). The molecule has 1 fully saturated rings. The van der Waals surface area contributed by atoms with Crippen LogP contribution in [0, 0.1) is 0 Å². The second kappa shape index (κ2) is 6.21. The highest BCUT2D eigenvalue weighted by Crippen LogP contribution is 2.20. The van der Waals surface area contributed by atoms with E-state index in [-0.39, 0.29) is 15.8 Å². The molecule has 0 saturated carbocycles. The summed E-state index contributed by atoms with van der Waals surface area (Å²) in [6.45, 7) is 4.83. The first-order valence-electron chi connectivity index (χ1n) is 6.49. The summed E-state index contributed by atoms with van der Waals surface area (Å²) < 4.78 is 27.0. The molecule has 1 aliphatic rings. The Morgan fingerprint density at radius 1 is 1.50 bits per heavy atom. The van der Waals surface area contributed by atoms with Crippen LogP contribution in [-0.4, -0.2) is 50.1 Å². The van der Waals surface area contributed by atoms with Crippen LogP contribution in [-0.2, 0) is 10.0 Å². The molecule has 6 nitrogen and oxygen atoms in total. The van der Waals surface area contributed by atoms with Gasteiger partial charge in [-0.2, -0.15) is 0 Å². The van der Waals surface area contributed by atoms with Crippen molar-refractivity contribution < 1.29 is 18.3 Å². The van der Waals surface area contributed by atoms with Gasteiger partial charge in [0.25, 0.3) is 0 Å². The molecule has 0 radical (unpaired) electrons. The SMILES string of the molecule is CCN1CCC(NS(=O)(=O)c2csc(C(=O)O)c2)CC1. The minimum atomic E-state index is -3.62. The number of thiophene rings is 1. The van der Waals surface area contributed by atoms with E-state index in [1.54, 1.807) is 0 Å². The zero-order chi connectivity index (χ0) is 14.8. The van der Waals surface area contributed by atoms with Crippen LogP contribution >= 0.6 is 11.3 Å². The molecule has 1 aliphatic heterocycles. The highest BCUT2D eigenvalue weighted by Gasteiger charge is 2.25. The minimum absolute atomic E-state index is 0.0335. The molecule has 2 heterocycles. The van der Waals surface area contributed by atoms with E-state index in [1.807, 2.05) is 0 Å². The van der Waals surface area contributed by atoms with Gasteiger partial charge < -0.3 is 10.0 Å². The first-order valence-corrected chi connectivity index (χ1v) is 8.85. The number of piperidine rings is 1. The quantitative estimate of drug-likeness (QED) is 0.852. The summed E-state index contributed by atoms with van der Waals surface area (Å²) in [7, 11) is -3.62. The predicted molar refractivity (Wildman–Crippen MR) is 76.7 cm³/mol. The van der Waals surface area contributed by atoms with Gasteiger partial charge in [-0.25, -0.2) is 17.9 Å². The lowest BCUT2D eigenvalue weighted by atomic mass is 10.1. The van der Waals surface area contributed by atoms with Crippen LogP contribution in [0.4, 0.5) is 0 Å². The summed E-state index contributed by atoms with van der Waals surface area (Å²) in [6, 6.07) is 1.13. The fraction of sp³-hybridized carbons (Fsp3) is 0.583. The summed E-state index contributed by atoms with van der Waals surface area (Å²) in [5.41, 5.74) is 0. The lowest BCUT2D eigenvalue weighted by molar-refractivity contribution is 0.0702. The number of hydrogen-bond donors (Lipinski definition) is 2. The fourth-order valence-corrected chi connectivity index (χ4v) is 4.64. The molecule has 0 aliphatic carbocycles. The van der Waals surface area contributed by atoms with E-state index >= 15 is 0 Å². The van der Waals surface area contributed by atoms with Crippen LogP contribution in [0.15, 0.2) is 16.3 Å². The fourth-order valence-electron chi connectivity index (χ4n) is 2.23. The number of likely N-dealkylation sites (tertiary alicyclic amines) is 1. The maximum Gasteiger partial charge on any atom is 0.345 e. The Hall–Kier alpha value is -0.960. The molecule has 0 aromatic carbocycles. The smallest absolute Gasteiger partial charge is 0.345 e. The monoisotopic (exact) mass is 318 g/mol. The van der Waals surface area contributed by atoms with Gasteiger partial charge in [0, 0.05) is 11.4 Å². The number of rotatable bonds is 5. The average molecular weight is 318 g/mol. The third-order valence-corrected chi connectivity index (χ3v) is 6.02. The van der Waals surface area contributed by atoms with Gasteiger partial charge in [-0.15, -0.1) is 11.3 Å². The van der Waals surface area contributed by atoms with Crippen molar-refractivity contribution >= 4 is 27.3 Å². The van der Waals surface area contributed by atoms with Crippen molar-refractivity contribution in [3.05, 3.63) is 16.3 Å². The first-order chi connectivity index (χ1) is 9.42. The molecule has 0 amide bonds. The molecule has 1 aromatic heterocycles. The number of carboxylic acid groups (broad SMARTS) is 1. The maximum absolute atomic E-state index is 12.2. The van der Waals surface area contributed by atoms with Crippen molar-refractivity contribution in [2.45, 2.75) is 30.7 Å².